The van der Waals surface area contributed by atoms with Crippen LogP contribution in [0, 0.1) is 0 Å². The van der Waals surface area contributed by atoms with Crippen LogP contribution in [0.1, 0.15) is 11.1 Å². The third-order valence-corrected chi connectivity index (χ3v) is 3.98. The van der Waals surface area contributed by atoms with Gasteiger partial charge in [-0.05, 0) is 23.3 Å². The van der Waals surface area contributed by atoms with E-state index in [1.54, 1.807) is 18.0 Å². The van der Waals surface area contributed by atoms with E-state index in [2.05, 4.69) is 5.32 Å². The van der Waals surface area contributed by atoms with Gasteiger partial charge in [-0.15, -0.1) is 0 Å². The van der Waals surface area contributed by atoms with Crippen LogP contribution >= 0.6 is 0 Å². The molecule has 0 fully saturated rings. The molecule has 1 aliphatic heterocycles. The van der Waals surface area contributed by atoms with E-state index in [1.165, 1.54) is 6.08 Å². The molecule has 0 spiro atoms. The van der Waals surface area contributed by atoms with E-state index < -0.39 is 6.04 Å². The number of benzene rings is 2. The second-order valence-electron chi connectivity index (χ2n) is 5.42. The minimum Gasteiger partial charge on any atom is -0.357 e. The van der Waals surface area contributed by atoms with Gasteiger partial charge in [0.25, 0.3) is 5.91 Å². The molecule has 23 heavy (non-hydrogen) atoms. The topological polar surface area (TPSA) is 49.4 Å². The van der Waals surface area contributed by atoms with Gasteiger partial charge in [-0.3, -0.25) is 14.5 Å². The predicted octanol–water partition coefficient (Wildman–Crippen LogP) is 2.40. The fraction of sp³-hybridized carbons (Fsp3) is 0.158. The van der Waals surface area contributed by atoms with Crippen molar-refractivity contribution in [3.63, 3.8) is 0 Å². The average molecular weight is 306 g/mol. The van der Waals surface area contributed by atoms with Crippen molar-refractivity contribution in [2.24, 2.45) is 0 Å². The maximum Gasteiger partial charge on any atom is 0.251 e. The molecule has 2 aromatic rings. The highest BCUT2D eigenvalue weighted by Gasteiger charge is 2.36. The minimum atomic E-state index is -0.495. The van der Waals surface area contributed by atoms with E-state index in [0.717, 1.165) is 16.8 Å². The highest BCUT2D eigenvalue weighted by Crippen LogP contribution is 2.32. The number of hydrogen-bond acceptors (Lipinski definition) is 2. The molecule has 4 nitrogen and oxygen atoms in total. The van der Waals surface area contributed by atoms with Crippen molar-refractivity contribution < 1.29 is 9.59 Å². The van der Waals surface area contributed by atoms with Crippen molar-refractivity contribution >= 4 is 23.6 Å². The Labute approximate surface area is 135 Å². The lowest BCUT2D eigenvalue weighted by Crippen LogP contribution is -2.46. The van der Waals surface area contributed by atoms with Crippen LogP contribution in [0.3, 0.4) is 0 Å². The molecule has 4 heteroatoms. The third kappa shape index (κ3) is 3.01. The Morgan fingerprint density at radius 1 is 1.09 bits per heavy atom. The monoisotopic (exact) mass is 306 g/mol. The fourth-order valence-electron chi connectivity index (χ4n) is 2.85. The van der Waals surface area contributed by atoms with Gasteiger partial charge in [0.05, 0.1) is 0 Å². The molecule has 0 saturated carbocycles. The Kier molecular flexibility index (Phi) is 4.24. The first-order valence-corrected chi connectivity index (χ1v) is 7.56. The molecule has 1 heterocycles. The lowest BCUT2D eigenvalue weighted by atomic mass is 10.1. The third-order valence-electron chi connectivity index (χ3n) is 3.98. The van der Waals surface area contributed by atoms with Crippen LogP contribution in [0.15, 0.2) is 60.7 Å². The van der Waals surface area contributed by atoms with Crippen molar-refractivity contribution in [3.8, 4) is 0 Å². The Morgan fingerprint density at radius 3 is 2.52 bits per heavy atom. The Hall–Kier alpha value is -2.88. The van der Waals surface area contributed by atoms with Crippen molar-refractivity contribution in [1.29, 1.82) is 0 Å². The fourth-order valence-corrected chi connectivity index (χ4v) is 2.85. The van der Waals surface area contributed by atoms with Gasteiger partial charge in [-0.2, -0.15) is 0 Å². The summed E-state index contributed by atoms with van der Waals surface area (Å²) in [5.74, 6) is -0.338. The lowest BCUT2D eigenvalue weighted by molar-refractivity contribution is -0.124. The molecule has 1 atom stereocenters. The smallest absolute Gasteiger partial charge is 0.251 e. The summed E-state index contributed by atoms with van der Waals surface area (Å²) >= 11 is 0. The Balaban J connectivity index is 1.89. The molecule has 2 amide bonds. The number of rotatable bonds is 3. The molecule has 2 aromatic carbocycles. The summed E-state index contributed by atoms with van der Waals surface area (Å²) < 4.78 is 0. The number of nitrogens with one attached hydrogen (secondary N) is 1. The second kappa shape index (κ2) is 6.48. The number of carbonyl (C=O) groups excluding carboxylic acids is 2. The molecule has 116 valence electrons. The maximum absolute atomic E-state index is 12.7. The zero-order chi connectivity index (χ0) is 16.2. The number of nitrogens with zero attached hydrogens (tertiary/aromatic N) is 1. The van der Waals surface area contributed by atoms with Crippen LogP contribution in [0.25, 0.3) is 6.08 Å². The van der Waals surface area contributed by atoms with Crippen molar-refractivity contribution in [1.82, 2.24) is 5.32 Å². The quantitative estimate of drug-likeness (QED) is 0.885. The van der Waals surface area contributed by atoms with Gasteiger partial charge < -0.3 is 5.32 Å². The molecule has 0 saturated heterocycles. The highest BCUT2D eigenvalue weighted by atomic mass is 16.2. The van der Waals surface area contributed by atoms with Gasteiger partial charge in [0.2, 0.25) is 5.91 Å². The van der Waals surface area contributed by atoms with Gasteiger partial charge in [-0.1, -0.05) is 48.5 Å². The molecule has 0 aliphatic carbocycles. The minimum absolute atomic E-state index is 0.150. The van der Waals surface area contributed by atoms with Crippen LogP contribution in [0.5, 0.6) is 0 Å². The van der Waals surface area contributed by atoms with Gasteiger partial charge in [0, 0.05) is 25.2 Å². The molecule has 0 aromatic heterocycles. The maximum atomic E-state index is 12.7. The zero-order valence-corrected chi connectivity index (χ0v) is 12.9. The number of carbonyl (C=O) groups is 2. The number of amides is 2. The van der Waals surface area contributed by atoms with E-state index in [4.69, 9.17) is 0 Å². The van der Waals surface area contributed by atoms with E-state index >= 15 is 0 Å². The first-order chi connectivity index (χ1) is 11.2. The summed E-state index contributed by atoms with van der Waals surface area (Å²) in [6.45, 7) is 0. The van der Waals surface area contributed by atoms with Crippen LogP contribution in [-0.4, -0.2) is 24.9 Å². The van der Waals surface area contributed by atoms with Gasteiger partial charge in [-0.25, -0.2) is 0 Å². The number of anilines is 1. The van der Waals surface area contributed by atoms with Crippen LogP contribution in [0.2, 0.25) is 0 Å². The van der Waals surface area contributed by atoms with E-state index in [1.807, 2.05) is 54.6 Å². The van der Waals surface area contributed by atoms with Gasteiger partial charge >= 0.3 is 0 Å². The SMILES string of the molecule is CNC(=O)[C@@H]1Cc2ccccc2N1C(=O)/C=C\c1ccccc1. The van der Waals surface area contributed by atoms with E-state index in [9.17, 15) is 9.59 Å². The molecule has 0 unspecified atom stereocenters. The molecule has 0 radical (unpaired) electrons. The van der Waals surface area contributed by atoms with Crippen molar-refractivity contribution in [2.45, 2.75) is 12.5 Å². The van der Waals surface area contributed by atoms with Gasteiger partial charge in [0.15, 0.2) is 0 Å². The number of para-hydroxylation sites is 1. The predicted molar refractivity (Wildman–Crippen MR) is 91.0 cm³/mol. The molecule has 1 aliphatic rings. The summed E-state index contributed by atoms with van der Waals surface area (Å²) in [7, 11) is 1.59. The Morgan fingerprint density at radius 2 is 1.78 bits per heavy atom. The lowest BCUT2D eigenvalue weighted by Gasteiger charge is -2.23. The summed E-state index contributed by atoms with van der Waals surface area (Å²) in [5.41, 5.74) is 2.77. The second-order valence-corrected chi connectivity index (χ2v) is 5.42. The van der Waals surface area contributed by atoms with E-state index in [0.29, 0.717) is 6.42 Å². The molecule has 0 bridgehead atoms. The first kappa shape index (κ1) is 15.0. The van der Waals surface area contributed by atoms with Crippen LogP contribution < -0.4 is 10.2 Å². The zero-order valence-electron chi connectivity index (χ0n) is 12.9. The van der Waals surface area contributed by atoms with Crippen molar-refractivity contribution in [2.75, 3.05) is 11.9 Å². The van der Waals surface area contributed by atoms with E-state index in [-0.39, 0.29) is 11.8 Å². The van der Waals surface area contributed by atoms with Gasteiger partial charge in [0.1, 0.15) is 6.04 Å². The Bertz CT molecular complexity index is 753. The summed E-state index contributed by atoms with van der Waals surface area (Å²) in [6, 6.07) is 16.8. The number of hydrogen-bond donors (Lipinski definition) is 1. The summed E-state index contributed by atoms with van der Waals surface area (Å²) in [5, 5.41) is 2.64. The standard InChI is InChI=1S/C19H18N2O2/c1-20-19(23)17-13-15-9-5-6-10-16(15)21(17)18(22)12-11-14-7-3-2-4-8-14/h2-12,17H,13H2,1H3,(H,20,23)/b12-11-/t17-/m0/s1. The molecule has 3 rings (SSSR count). The molecule has 1 N–H and O–H groups in total. The van der Waals surface area contributed by atoms with Crippen LogP contribution in [-0.2, 0) is 16.0 Å². The average Bonchev–Trinajstić information content (AvgIpc) is 2.99. The molecular formula is C19H18N2O2. The molecular weight excluding hydrogens is 288 g/mol. The number of likely N-dealkylation sites (N-methyl/N-ethyl adjacent to an activating group) is 1. The van der Waals surface area contributed by atoms with Crippen LogP contribution in [0.4, 0.5) is 5.69 Å². The highest BCUT2D eigenvalue weighted by molar-refractivity contribution is 6.09. The number of fused-ring (bicyclic) bond motifs is 1. The summed E-state index contributed by atoms with van der Waals surface area (Å²) in [6.07, 6.45) is 3.83. The largest absolute Gasteiger partial charge is 0.357 e. The summed E-state index contributed by atoms with van der Waals surface area (Å²) in [4.78, 5) is 26.4. The normalized spacial score (nSPS) is 16.4. The first-order valence-electron chi connectivity index (χ1n) is 7.56. The van der Waals surface area contributed by atoms with Crippen molar-refractivity contribution in [3.05, 3.63) is 71.8 Å².